The van der Waals surface area contributed by atoms with Crippen LogP contribution < -0.4 is 0 Å². The van der Waals surface area contributed by atoms with E-state index in [2.05, 4.69) is 18.8 Å². The SMILES string of the molecule is CC(=O)c1cccn2c(C(C)C)ncc12. The summed E-state index contributed by atoms with van der Waals surface area (Å²) in [6, 6.07) is 3.72. The fourth-order valence-corrected chi connectivity index (χ4v) is 1.77. The van der Waals surface area contributed by atoms with E-state index in [4.69, 9.17) is 0 Å². The molecule has 0 amide bonds. The molecule has 2 rings (SSSR count). The molecular weight excluding hydrogens is 188 g/mol. The highest BCUT2D eigenvalue weighted by molar-refractivity contribution is 6.00. The van der Waals surface area contributed by atoms with Crippen molar-refractivity contribution in [1.29, 1.82) is 0 Å². The molecule has 0 fully saturated rings. The molecule has 2 aromatic rings. The molecule has 0 unspecified atom stereocenters. The number of hydrogen-bond donors (Lipinski definition) is 0. The second-order valence-electron chi connectivity index (χ2n) is 4.00. The van der Waals surface area contributed by atoms with Crippen molar-refractivity contribution in [3.05, 3.63) is 35.9 Å². The molecule has 0 aliphatic rings. The van der Waals surface area contributed by atoms with Gasteiger partial charge in [-0.3, -0.25) is 4.79 Å². The van der Waals surface area contributed by atoms with Crippen LogP contribution in [0.4, 0.5) is 0 Å². The zero-order valence-electron chi connectivity index (χ0n) is 9.19. The Kier molecular flexibility index (Phi) is 2.31. The van der Waals surface area contributed by atoms with Crippen LogP contribution >= 0.6 is 0 Å². The number of aromatic nitrogens is 2. The van der Waals surface area contributed by atoms with Gasteiger partial charge in [0.25, 0.3) is 0 Å². The number of rotatable bonds is 2. The Labute approximate surface area is 88.8 Å². The van der Waals surface area contributed by atoms with E-state index in [-0.39, 0.29) is 5.78 Å². The van der Waals surface area contributed by atoms with Crippen molar-refractivity contribution >= 4 is 11.3 Å². The van der Waals surface area contributed by atoms with Crippen molar-refractivity contribution in [3.63, 3.8) is 0 Å². The Bertz CT molecular complexity index is 511. The van der Waals surface area contributed by atoms with Crippen molar-refractivity contribution in [1.82, 2.24) is 9.38 Å². The second-order valence-corrected chi connectivity index (χ2v) is 4.00. The van der Waals surface area contributed by atoms with E-state index < -0.39 is 0 Å². The third kappa shape index (κ3) is 1.54. The largest absolute Gasteiger partial charge is 0.303 e. The molecule has 3 heteroatoms. The summed E-state index contributed by atoms with van der Waals surface area (Å²) >= 11 is 0. The monoisotopic (exact) mass is 202 g/mol. The molecule has 15 heavy (non-hydrogen) atoms. The van der Waals surface area contributed by atoms with E-state index in [1.165, 1.54) is 0 Å². The molecule has 0 saturated carbocycles. The molecule has 2 aromatic heterocycles. The van der Waals surface area contributed by atoms with Gasteiger partial charge in [-0.1, -0.05) is 13.8 Å². The lowest BCUT2D eigenvalue weighted by atomic mass is 10.1. The number of ketones is 1. The number of pyridine rings is 1. The summed E-state index contributed by atoms with van der Waals surface area (Å²) in [5, 5.41) is 0. The van der Waals surface area contributed by atoms with E-state index in [1.807, 2.05) is 22.7 Å². The fourth-order valence-electron chi connectivity index (χ4n) is 1.77. The number of hydrogen-bond acceptors (Lipinski definition) is 2. The molecule has 3 nitrogen and oxygen atoms in total. The first-order chi connectivity index (χ1) is 7.11. The average Bonchev–Trinajstić information content (AvgIpc) is 2.59. The van der Waals surface area contributed by atoms with Gasteiger partial charge in [-0.05, 0) is 19.1 Å². The lowest BCUT2D eigenvalue weighted by Crippen LogP contribution is -2.00. The summed E-state index contributed by atoms with van der Waals surface area (Å²) in [6.07, 6.45) is 3.72. The maximum absolute atomic E-state index is 11.4. The summed E-state index contributed by atoms with van der Waals surface area (Å²) in [7, 11) is 0. The zero-order chi connectivity index (χ0) is 11.0. The van der Waals surface area contributed by atoms with E-state index in [0.717, 1.165) is 16.9 Å². The van der Waals surface area contributed by atoms with Gasteiger partial charge in [-0.2, -0.15) is 0 Å². The Hall–Kier alpha value is -1.64. The van der Waals surface area contributed by atoms with Gasteiger partial charge in [0.1, 0.15) is 5.82 Å². The first-order valence-corrected chi connectivity index (χ1v) is 5.08. The minimum absolute atomic E-state index is 0.0795. The van der Waals surface area contributed by atoms with Gasteiger partial charge in [0.05, 0.1) is 11.7 Å². The minimum atomic E-state index is 0.0795. The van der Waals surface area contributed by atoms with Crippen LogP contribution in [0.5, 0.6) is 0 Å². The lowest BCUT2D eigenvalue weighted by Gasteiger charge is -2.05. The zero-order valence-corrected chi connectivity index (χ0v) is 9.19. The lowest BCUT2D eigenvalue weighted by molar-refractivity contribution is 0.101. The first-order valence-electron chi connectivity index (χ1n) is 5.08. The highest BCUT2D eigenvalue weighted by atomic mass is 16.1. The van der Waals surface area contributed by atoms with Gasteiger partial charge >= 0.3 is 0 Å². The molecule has 0 saturated heterocycles. The topological polar surface area (TPSA) is 34.4 Å². The average molecular weight is 202 g/mol. The molecule has 2 heterocycles. The van der Waals surface area contributed by atoms with Crippen LogP contribution in [0.3, 0.4) is 0 Å². The summed E-state index contributed by atoms with van der Waals surface area (Å²) in [6.45, 7) is 5.77. The Morgan fingerprint density at radius 3 is 2.80 bits per heavy atom. The second kappa shape index (κ2) is 3.50. The van der Waals surface area contributed by atoms with Gasteiger partial charge in [0.2, 0.25) is 0 Å². The van der Waals surface area contributed by atoms with Crippen LogP contribution in [0, 0.1) is 0 Å². The fraction of sp³-hybridized carbons (Fsp3) is 0.333. The van der Waals surface area contributed by atoms with E-state index in [0.29, 0.717) is 5.92 Å². The number of imidazole rings is 1. The minimum Gasteiger partial charge on any atom is -0.303 e. The van der Waals surface area contributed by atoms with E-state index in [9.17, 15) is 4.79 Å². The normalized spacial score (nSPS) is 11.2. The molecule has 0 radical (unpaired) electrons. The van der Waals surface area contributed by atoms with Crippen molar-refractivity contribution in [2.75, 3.05) is 0 Å². The van der Waals surface area contributed by atoms with Gasteiger partial charge in [0.15, 0.2) is 5.78 Å². The van der Waals surface area contributed by atoms with Gasteiger partial charge < -0.3 is 4.40 Å². The number of Topliss-reactive ketones (excluding diaryl/α,β-unsaturated/α-hetero) is 1. The van der Waals surface area contributed by atoms with Crippen molar-refractivity contribution in [2.24, 2.45) is 0 Å². The smallest absolute Gasteiger partial charge is 0.161 e. The van der Waals surface area contributed by atoms with E-state index in [1.54, 1.807) is 13.1 Å². The van der Waals surface area contributed by atoms with Gasteiger partial charge in [-0.25, -0.2) is 4.98 Å². The maximum atomic E-state index is 11.4. The highest BCUT2D eigenvalue weighted by Crippen LogP contribution is 2.18. The number of nitrogens with zero attached hydrogens (tertiary/aromatic N) is 2. The molecule has 0 aliphatic carbocycles. The predicted octanol–water partition coefficient (Wildman–Crippen LogP) is 2.66. The molecule has 0 N–H and O–H groups in total. The number of carbonyl (C=O) groups is 1. The Morgan fingerprint density at radius 1 is 1.47 bits per heavy atom. The molecule has 78 valence electrons. The Balaban J connectivity index is 2.74. The molecular formula is C12H14N2O. The molecule has 0 bridgehead atoms. The third-order valence-electron chi connectivity index (χ3n) is 2.50. The van der Waals surface area contributed by atoms with Crippen molar-refractivity contribution < 1.29 is 4.79 Å². The van der Waals surface area contributed by atoms with Crippen LogP contribution in [-0.2, 0) is 0 Å². The van der Waals surface area contributed by atoms with Gasteiger partial charge in [-0.15, -0.1) is 0 Å². The van der Waals surface area contributed by atoms with E-state index >= 15 is 0 Å². The number of carbonyl (C=O) groups excluding carboxylic acids is 1. The Morgan fingerprint density at radius 2 is 2.20 bits per heavy atom. The highest BCUT2D eigenvalue weighted by Gasteiger charge is 2.11. The van der Waals surface area contributed by atoms with Gasteiger partial charge in [0, 0.05) is 17.7 Å². The summed E-state index contributed by atoms with van der Waals surface area (Å²) in [4.78, 5) is 15.7. The molecule has 0 aliphatic heterocycles. The van der Waals surface area contributed by atoms with Crippen LogP contribution in [0.25, 0.3) is 5.52 Å². The standard InChI is InChI=1S/C12H14N2O/c1-8(2)12-13-7-11-10(9(3)15)5-4-6-14(11)12/h4-8H,1-3H3. The third-order valence-corrected chi connectivity index (χ3v) is 2.50. The van der Waals surface area contributed by atoms with Crippen molar-refractivity contribution in [3.8, 4) is 0 Å². The summed E-state index contributed by atoms with van der Waals surface area (Å²) in [5.74, 6) is 1.43. The molecule has 0 atom stereocenters. The molecule has 0 spiro atoms. The summed E-state index contributed by atoms with van der Waals surface area (Å²) < 4.78 is 1.99. The molecule has 0 aromatic carbocycles. The predicted molar refractivity (Wildman–Crippen MR) is 59.3 cm³/mol. The van der Waals surface area contributed by atoms with Crippen LogP contribution in [-0.4, -0.2) is 15.2 Å². The van der Waals surface area contributed by atoms with Crippen LogP contribution in [0.15, 0.2) is 24.5 Å². The van der Waals surface area contributed by atoms with Crippen LogP contribution in [0.1, 0.15) is 42.9 Å². The summed E-state index contributed by atoms with van der Waals surface area (Å²) in [5.41, 5.74) is 1.63. The van der Waals surface area contributed by atoms with Crippen molar-refractivity contribution in [2.45, 2.75) is 26.7 Å². The van der Waals surface area contributed by atoms with Crippen LogP contribution in [0.2, 0.25) is 0 Å². The first kappa shape index (κ1) is 9.90. The number of fused-ring (bicyclic) bond motifs is 1. The quantitative estimate of drug-likeness (QED) is 0.701. The maximum Gasteiger partial charge on any atom is 0.161 e.